The normalized spacial score (nSPS) is 11.1. The van der Waals surface area contributed by atoms with Crippen molar-refractivity contribution in [2.75, 3.05) is 10.6 Å². The molecule has 2 amide bonds. The first-order valence-corrected chi connectivity index (χ1v) is 9.78. The van der Waals surface area contributed by atoms with Crippen molar-refractivity contribution in [3.05, 3.63) is 70.8 Å². The third-order valence-corrected chi connectivity index (χ3v) is 4.72. The summed E-state index contributed by atoms with van der Waals surface area (Å²) in [6, 6.07) is 12.6. The summed E-state index contributed by atoms with van der Waals surface area (Å²) in [4.78, 5) is 16.2. The highest BCUT2D eigenvalue weighted by atomic mass is 35.5. The lowest BCUT2D eigenvalue weighted by Gasteiger charge is -2.10. The van der Waals surface area contributed by atoms with E-state index in [0.29, 0.717) is 27.2 Å². The minimum Gasteiger partial charge on any atom is -0.437 e. The molecule has 0 atom stereocenters. The minimum absolute atomic E-state index is 0.0223. The van der Waals surface area contributed by atoms with Crippen LogP contribution in [0.3, 0.4) is 0 Å². The SMILES string of the molecule is O=C(Nc1ccc(SC(F)(F)F)cc1)Nc1ccc(Oc2ccc(Cl)cc2Cl)nc1. The third-order valence-electron chi connectivity index (χ3n) is 3.45. The Kier molecular flexibility index (Phi) is 6.96. The number of urea groups is 1. The van der Waals surface area contributed by atoms with E-state index in [1.807, 2.05) is 0 Å². The fourth-order valence-corrected chi connectivity index (χ4v) is 3.21. The van der Waals surface area contributed by atoms with Crippen molar-refractivity contribution >= 4 is 52.4 Å². The van der Waals surface area contributed by atoms with Crippen molar-refractivity contribution in [3.8, 4) is 11.6 Å². The van der Waals surface area contributed by atoms with Gasteiger partial charge in [-0.2, -0.15) is 13.2 Å². The van der Waals surface area contributed by atoms with Gasteiger partial charge in [0.2, 0.25) is 5.88 Å². The zero-order valence-electron chi connectivity index (χ0n) is 14.8. The average molecular weight is 474 g/mol. The maximum absolute atomic E-state index is 12.3. The van der Waals surface area contributed by atoms with Crippen LogP contribution in [0.1, 0.15) is 0 Å². The summed E-state index contributed by atoms with van der Waals surface area (Å²) in [6.07, 6.45) is 1.38. The number of ether oxygens (including phenoxy) is 1. The van der Waals surface area contributed by atoms with Crippen LogP contribution in [0, 0.1) is 0 Å². The number of alkyl halides is 3. The lowest BCUT2D eigenvalue weighted by Crippen LogP contribution is -2.19. The van der Waals surface area contributed by atoms with Gasteiger partial charge in [0, 0.05) is 21.7 Å². The molecule has 11 heteroatoms. The molecule has 0 fully saturated rings. The van der Waals surface area contributed by atoms with E-state index in [9.17, 15) is 18.0 Å². The maximum atomic E-state index is 12.3. The molecule has 2 N–H and O–H groups in total. The molecule has 0 aliphatic heterocycles. The summed E-state index contributed by atoms with van der Waals surface area (Å²) in [5, 5.41) is 5.87. The van der Waals surface area contributed by atoms with Gasteiger partial charge in [0.1, 0.15) is 5.75 Å². The van der Waals surface area contributed by atoms with E-state index in [1.54, 1.807) is 18.2 Å². The van der Waals surface area contributed by atoms with Crippen LogP contribution in [0.25, 0.3) is 0 Å². The van der Waals surface area contributed by atoms with Gasteiger partial charge in [0.25, 0.3) is 0 Å². The molecule has 0 spiro atoms. The Bertz CT molecular complexity index is 1030. The minimum atomic E-state index is -4.37. The van der Waals surface area contributed by atoms with Crippen molar-refractivity contribution < 1.29 is 22.7 Å². The summed E-state index contributed by atoms with van der Waals surface area (Å²) in [5.74, 6) is 0.627. The highest BCUT2D eigenvalue weighted by molar-refractivity contribution is 8.00. The van der Waals surface area contributed by atoms with E-state index < -0.39 is 11.5 Å². The number of nitrogens with one attached hydrogen (secondary N) is 2. The number of hydrogen-bond donors (Lipinski definition) is 2. The highest BCUT2D eigenvalue weighted by Crippen LogP contribution is 2.37. The maximum Gasteiger partial charge on any atom is 0.446 e. The largest absolute Gasteiger partial charge is 0.446 e. The molecule has 3 aromatic rings. The van der Waals surface area contributed by atoms with Crippen molar-refractivity contribution in [1.29, 1.82) is 0 Å². The number of carbonyl (C=O) groups excluding carboxylic acids is 1. The lowest BCUT2D eigenvalue weighted by molar-refractivity contribution is -0.0328. The van der Waals surface area contributed by atoms with Gasteiger partial charge in [0.05, 0.1) is 16.9 Å². The summed E-state index contributed by atoms with van der Waals surface area (Å²) < 4.78 is 42.6. The van der Waals surface area contributed by atoms with Crippen LogP contribution < -0.4 is 15.4 Å². The van der Waals surface area contributed by atoms with Crippen molar-refractivity contribution in [2.24, 2.45) is 0 Å². The molecule has 0 aliphatic carbocycles. The van der Waals surface area contributed by atoms with E-state index in [0.717, 1.165) is 0 Å². The molecular weight excluding hydrogens is 462 g/mol. The molecule has 3 rings (SSSR count). The predicted octanol–water partition coefficient (Wildman–Crippen LogP) is 7.44. The van der Waals surface area contributed by atoms with Crippen molar-refractivity contribution in [3.63, 3.8) is 0 Å². The number of thioether (sulfide) groups is 1. The molecule has 0 bridgehead atoms. The van der Waals surface area contributed by atoms with Gasteiger partial charge >= 0.3 is 11.5 Å². The summed E-state index contributed by atoms with van der Waals surface area (Å²) in [7, 11) is 0. The quantitative estimate of drug-likeness (QED) is 0.378. The number of halogens is 5. The Balaban J connectivity index is 1.55. The van der Waals surface area contributed by atoms with Gasteiger partial charge in [0.15, 0.2) is 0 Å². The standard InChI is InChI=1S/C19H12Cl2F3N3O2S/c20-11-1-7-16(15(21)9-11)29-17-8-4-13(10-25-17)27-18(28)26-12-2-5-14(6-3-12)30-19(22,23)24/h1-10H,(H2,26,27,28). The Morgan fingerprint density at radius 3 is 2.23 bits per heavy atom. The third kappa shape index (κ3) is 6.72. The number of anilines is 2. The average Bonchev–Trinajstić information content (AvgIpc) is 2.66. The molecule has 2 aromatic carbocycles. The summed E-state index contributed by atoms with van der Waals surface area (Å²) in [6.45, 7) is 0. The molecule has 0 aliphatic rings. The molecule has 5 nitrogen and oxygen atoms in total. The van der Waals surface area contributed by atoms with E-state index in [4.69, 9.17) is 27.9 Å². The van der Waals surface area contributed by atoms with Crippen LogP contribution in [0.5, 0.6) is 11.6 Å². The molecule has 0 unspecified atom stereocenters. The number of carbonyl (C=O) groups is 1. The van der Waals surface area contributed by atoms with Crippen LogP contribution in [0.2, 0.25) is 10.0 Å². The fourth-order valence-electron chi connectivity index (χ4n) is 2.22. The lowest BCUT2D eigenvalue weighted by atomic mass is 10.3. The second-order valence-electron chi connectivity index (χ2n) is 5.71. The second-order valence-corrected chi connectivity index (χ2v) is 7.70. The first kappa shape index (κ1) is 22.1. The fraction of sp³-hybridized carbons (Fsp3) is 0.0526. The van der Waals surface area contributed by atoms with Crippen molar-refractivity contribution in [1.82, 2.24) is 4.98 Å². The van der Waals surface area contributed by atoms with Gasteiger partial charge < -0.3 is 15.4 Å². The van der Waals surface area contributed by atoms with Crippen LogP contribution in [0.4, 0.5) is 29.3 Å². The summed E-state index contributed by atoms with van der Waals surface area (Å²) in [5.41, 5.74) is -3.65. The Morgan fingerprint density at radius 2 is 1.63 bits per heavy atom. The number of hydrogen-bond acceptors (Lipinski definition) is 4. The molecule has 1 heterocycles. The number of pyridine rings is 1. The summed E-state index contributed by atoms with van der Waals surface area (Å²) >= 11 is 11.6. The van der Waals surface area contributed by atoms with Gasteiger partial charge in [-0.15, -0.1) is 0 Å². The zero-order valence-corrected chi connectivity index (χ0v) is 17.2. The van der Waals surface area contributed by atoms with E-state index in [-0.39, 0.29) is 22.5 Å². The topological polar surface area (TPSA) is 63.2 Å². The number of benzene rings is 2. The molecule has 0 radical (unpaired) electrons. The van der Waals surface area contributed by atoms with Gasteiger partial charge in [-0.3, -0.25) is 0 Å². The molecule has 0 saturated heterocycles. The van der Waals surface area contributed by atoms with Crippen LogP contribution >= 0.6 is 35.0 Å². The van der Waals surface area contributed by atoms with Gasteiger partial charge in [-0.1, -0.05) is 23.2 Å². The molecule has 0 saturated carbocycles. The van der Waals surface area contributed by atoms with E-state index in [2.05, 4.69) is 15.6 Å². The predicted molar refractivity (Wildman–Crippen MR) is 112 cm³/mol. The first-order valence-electron chi connectivity index (χ1n) is 8.21. The zero-order chi connectivity index (χ0) is 21.7. The van der Waals surface area contributed by atoms with Gasteiger partial charge in [-0.25, -0.2) is 9.78 Å². The van der Waals surface area contributed by atoms with Crippen LogP contribution in [-0.4, -0.2) is 16.5 Å². The molecular formula is C19H12Cl2F3N3O2S. The number of aromatic nitrogens is 1. The highest BCUT2D eigenvalue weighted by Gasteiger charge is 2.29. The Labute approximate surface area is 183 Å². The van der Waals surface area contributed by atoms with E-state index in [1.165, 1.54) is 42.6 Å². The number of nitrogens with zero attached hydrogens (tertiary/aromatic N) is 1. The van der Waals surface area contributed by atoms with Gasteiger partial charge in [-0.05, 0) is 60.3 Å². The Morgan fingerprint density at radius 1 is 0.967 bits per heavy atom. The second kappa shape index (κ2) is 9.46. The molecule has 1 aromatic heterocycles. The van der Waals surface area contributed by atoms with E-state index >= 15 is 0 Å². The first-order chi connectivity index (χ1) is 14.2. The molecule has 156 valence electrons. The van der Waals surface area contributed by atoms with Crippen LogP contribution in [0.15, 0.2) is 65.7 Å². The number of rotatable bonds is 5. The monoisotopic (exact) mass is 473 g/mol. The van der Waals surface area contributed by atoms with Crippen LogP contribution in [-0.2, 0) is 0 Å². The smallest absolute Gasteiger partial charge is 0.437 e. The number of amides is 2. The van der Waals surface area contributed by atoms with Crippen molar-refractivity contribution in [2.45, 2.75) is 10.4 Å². The Hall–Kier alpha value is -2.62. The molecule has 30 heavy (non-hydrogen) atoms.